The summed E-state index contributed by atoms with van der Waals surface area (Å²) in [5.41, 5.74) is 7.46. The Balaban J connectivity index is 2.21. The second-order valence-electron chi connectivity index (χ2n) is 3.45. The third kappa shape index (κ3) is 3.64. The van der Waals surface area contributed by atoms with Gasteiger partial charge in [0.05, 0.1) is 17.6 Å². The fourth-order valence-electron chi connectivity index (χ4n) is 1.34. The molecule has 0 aliphatic carbocycles. The number of nitrogens with two attached hydrogens (primary N) is 1. The largest absolute Gasteiger partial charge is 0.396 e. The predicted octanol–water partition coefficient (Wildman–Crippen LogP) is 2.66. The van der Waals surface area contributed by atoms with Crippen molar-refractivity contribution in [1.82, 2.24) is 4.98 Å². The van der Waals surface area contributed by atoms with Gasteiger partial charge in [0.15, 0.2) is 0 Å². The summed E-state index contributed by atoms with van der Waals surface area (Å²) < 4.78 is 0. The molecule has 1 aromatic rings. The molecule has 0 unspecified atom stereocenters. The van der Waals surface area contributed by atoms with Gasteiger partial charge in [-0.25, -0.2) is 0 Å². The molecule has 0 spiro atoms. The molecule has 0 atom stereocenters. The molecule has 1 aromatic heterocycles. The van der Waals surface area contributed by atoms with Crippen molar-refractivity contribution in [3.8, 4) is 0 Å². The topological polar surface area (TPSA) is 50.9 Å². The zero-order valence-corrected chi connectivity index (χ0v) is 8.79. The molecular weight excluding hydrogens is 174 g/mol. The zero-order valence-electron chi connectivity index (χ0n) is 8.79. The highest BCUT2D eigenvalue weighted by Gasteiger charge is 1.95. The van der Waals surface area contributed by atoms with Crippen LogP contribution >= 0.6 is 0 Å². The molecule has 0 bridgehead atoms. The Morgan fingerprint density at radius 3 is 2.93 bits per heavy atom. The molecule has 0 aliphatic rings. The van der Waals surface area contributed by atoms with Crippen LogP contribution in [-0.2, 0) is 0 Å². The summed E-state index contributed by atoms with van der Waals surface area (Å²) in [6, 6.07) is 1.91. The Morgan fingerprint density at radius 1 is 1.36 bits per heavy atom. The first-order chi connectivity index (χ1) is 6.84. The van der Waals surface area contributed by atoms with E-state index in [0.717, 1.165) is 17.9 Å². The van der Waals surface area contributed by atoms with Crippen LogP contribution < -0.4 is 11.1 Å². The highest BCUT2D eigenvalue weighted by Crippen LogP contribution is 2.15. The average Bonchev–Trinajstić information content (AvgIpc) is 2.20. The normalized spacial score (nSPS) is 10.1. The van der Waals surface area contributed by atoms with Crippen molar-refractivity contribution >= 4 is 11.4 Å². The lowest BCUT2D eigenvalue weighted by Crippen LogP contribution is -2.04. The van der Waals surface area contributed by atoms with Gasteiger partial charge in [-0.1, -0.05) is 26.2 Å². The lowest BCUT2D eigenvalue weighted by molar-refractivity contribution is 0.685. The van der Waals surface area contributed by atoms with Crippen molar-refractivity contribution in [3.63, 3.8) is 0 Å². The van der Waals surface area contributed by atoms with Crippen molar-refractivity contribution < 1.29 is 0 Å². The maximum absolute atomic E-state index is 5.74. The zero-order chi connectivity index (χ0) is 10.2. The summed E-state index contributed by atoms with van der Waals surface area (Å²) in [5, 5.41) is 3.31. The molecule has 0 saturated heterocycles. The second-order valence-corrected chi connectivity index (χ2v) is 3.45. The lowest BCUT2D eigenvalue weighted by Gasteiger charge is -2.07. The number of pyridine rings is 1. The fourth-order valence-corrected chi connectivity index (χ4v) is 1.34. The highest BCUT2D eigenvalue weighted by molar-refractivity contribution is 5.63. The first-order valence-electron chi connectivity index (χ1n) is 5.28. The third-order valence-corrected chi connectivity index (χ3v) is 2.20. The number of aromatic nitrogens is 1. The summed E-state index contributed by atoms with van der Waals surface area (Å²) >= 11 is 0. The molecule has 0 radical (unpaired) electrons. The SMILES string of the molecule is CCCCCCNc1ccncc1N. The number of nitrogens with one attached hydrogen (secondary N) is 1. The van der Waals surface area contributed by atoms with Gasteiger partial charge in [0.25, 0.3) is 0 Å². The van der Waals surface area contributed by atoms with E-state index in [1.54, 1.807) is 12.4 Å². The van der Waals surface area contributed by atoms with Crippen LogP contribution in [0.25, 0.3) is 0 Å². The molecule has 1 heterocycles. The van der Waals surface area contributed by atoms with Gasteiger partial charge in [0, 0.05) is 12.7 Å². The predicted molar refractivity (Wildman–Crippen MR) is 61.3 cm³/mol. The van der Waals surface area contributed by atoms with Crippen molar-refractivity contribution in [2.24, 2.45) is 0 Å². The molecule has 0 fully saturated rings. The van der Waals surface area contributed by atoms with E-state index in [1.165, 1.54) is 25.7 Å². The van der Waals surface area contributed by atoms with Crippen LogP contribution in [0.4, 0.5) is 11.4 Å². The second kappa shape index (κ2) is 6.24. The summed E-state index contributed by atoms with van der Waals surface area (Å²) in [5.74, 6) is 0. The van der Waals surface area contributed by atoms with Crippen molar-refractivity contribution in [2.75, 3.05) is 17.6 Å². The number of hydrogen-bond acceptors (Lipinski definition) is 3. The monoisotopic (exact) mass is 193 g/mol. The van der Waals surface area contributed by atoms with Crippen LogP contribution in [0.3, 0.4) is 0 Å². The quantitative estimate of drug-likeness (QED) is 0.683. The Bertz CT molecular complexity index is 260. The van der Waals surface area contributed by atoms with Gasteiger partial charge >= 0.3 is 0 Å². The summed E-state index contributed by atoms with van der Waals surface area (Å²) in [6.07, 6.45) is 8.51. The van der Waals surface area contributed by atoms with Crippen LogP contribution in [0, 0.1) is 0 Å². The van der Waals surface area contributed by atoms with Gasteiger partial charge in [-0.15, -0.1) is 0 Å². The Labute approximate surface area is 85.7 Å². The Hall–Kier alpha value is -1.25. The molecule has 3 heteroatoms. The molecule has 0 saturated carbocycles. The molecular formula is C11H19N3. The first-order valence-corrected chi connectivity index (χ1v) is 5.28. The van der Waals surface area contributed by atoms with Gasteiger partial charge in [-0.05, 0) is 12.5 Å². The Morgan fingerprint density at radius 2 is 2.21 bits per heavy atom. The van der Waals surface area contributed by atoms with Crippen LogP contribution in [0.5, 0.6) is 0 Å². The van der Waals surface area contributed by atoms with Gasteiger partial charge in [-0.3, -0.25) is 4.98 Å². The maximum Gasteiger partial charge on any atom is 0.0736 e. The van der Waals surface area contributed by atoms with Crippen molar-refractivity contribution in [2.45, 2.75) is 32.6 Å². The number of hydrogen-bond donors (Lipinski definition) is 2. The van der Waals surface area contributed by atoms with Gasteiger partial charge in [0.1, 0.15) is 0 Å². The summed E-state index contributed by atoms with van der Waals surface area (Å²) in [6.45, 7) is 3.21. The van der Waals surface area contributed by atoms with E-state index in [2.05, 4.69) is 17.2 Å². The first kappa shape index (κ1) is 10.8. The van der Waals surface area contributed by atoms with Crippen LogP contribution in [0.2, 0.25) is 0 Å². The van der Waals surface area contributed by atoms with E-state index in [1.807, 2.05) is 6.07 Å². The van der Waals surface area contributed by atoms with E-state index in [9.17, 15) is 0 Å². The number of anilines is 2. The van der Waals surface area contributed by atoms with Crippen molar-refractivity contribution in [1.29, 1.82) is 0 Å². The minimum Gasteiger partial charge on any atom is -0.396 e. The number of rotatable bonds is 6. The third-order valence-electron chi connectivity index (χ3n) is 2.20. The highest BCUT2D eigenvalue weighted by atomic mass is 14.9. The van der Waals surface area contributed by atoms with Crippen molar-refractivity contribution in [3.05, 3.63) is 18.5 Å². The Kier molecular flexibility index (Phi) is 4.83. The molecule has 78 valence electrons. The van der Waals surface area contributed by atoms with Gasteiger partial charge < -0.3 is 11.1 Å². The maximum atomic E-state index is 5.74. The minimum atomic E-state index is 0.725. The van der Waals surface area contributed by atoms with Gasteiger partial charge in [-0.2, -0.15) is 0 Å². The molecule has 0 aromatic carbocycles. The molecule has 0 amide bonds. The summed E-state index contributed by atoms with van der Waals surface area (Å²) in [7, 11) is 0. The van der Waals surface area contributed by atoms with Crippen LogP contribution in [-0.4, -0.2) is 11.5 Å². The van der Waals surface area contributed by atoms with E-state index >= 15 is 0 Å². The number of unbranched alkanes of at least 4 members (excludes halogenated alkanes) is 3. The van der Waals surface area contributed by atoms with Crippen LogP contribution in [0.15, 0.2) is 18.5 Å². The van der Waals surface area contributed by atoms with E-state index in [4.69, 9.17) is 5.73 Å². The summed E-state index contributed by atoms with van der Waals surface area (Å²) in [4.78, 5) is 3.94. The van der Waals surface area contributed by atoms with E-state index < -0.39 is 0 Å². The molecule has 3 nitrogen and oxygen atoms in total. The molecule has 1 rings (SSSR count). The van der Waals surface area contributed by atoms with E-state index in [0.29, 0.717) is 0 Å². The number of nitrogen functional groups attached to an aromatic ring is 1. The molecule has 14 heavy (non-hydrogen) atoms. The van der Waals surface area contributed by atoms with Gasteiger partial charge in [0.2, 0.25) is 0 Å². The molecule has 0 aliphatic heterocycles. The number of nitrogens with zero attached hydrogens (tertiary/aromatic N) is 1. The average molecular weight is 193 g/mol. The van der Waals surface area contributed by atoms with Crippen LogP contribution in [0.1, 0.15) is 32.6 Å². The van der Waals surface area contributed by atoms with E-state index in [-0.39, 0.29) is 0 Å². The standard InChI is InChI=1S/C11H19N3/c1-2-3-4-5-7-14-11-6-8-13-9-10(11)12/h6,8-9H,2-5,7,12H2,1H3,(H,13,14). The smallest absolute Gasteiger partial charge is 0.0736 e. The lowest BCUT2D eigenvalue weighted by atomic mass is 10.2. The minimum absolute atomic E-state index is 0.725. The molecule has 3 N–H and O–H groups in total. The fraction of sp³-hybridized carbons (Fsp3) is 0.545.